The molecule has 1 aromatic rings. The molecule has 1 fully saturated rings. The van der Waals surface area contributed by atoms with Crippen molar-refractivity contribution in [1.82, 2.24) is 15.5 Å². The van der Waals surface area contributed by atoms with E-state index in [0.29, 0.717) is 0 Å². The summed E-state index contributed by atoms with van der Waals surface area (Å²) >= 11 is 0. The number of piperidine rings is 1. The van der Waals surface area contributed by atoms with Crippen molar-refractivity contribution in [2.45, 2.75) is 52.6 Å². The van der Waals surface area contributed by atoms with E-state index in [9.17, 15) is 0 Å². The first kappa shape index (κ1) is 25.2. The minimum absolute atomic E-state index is 0. The molecule has 1 aliphatic rings. The summed E-state index contributed by atoms with van der Waals surface area (Å²) in [5.41, 5.74) is 2.69. The number of nitrogens with one attached hydrogen (secondary N) is 2. The highest BCUT2D eigenvalue weighted by Gasteiger charge is 2.16. The van der Waals surface area contributed by atoms with Gasteiger partial charge in [0.15, 0.2) is 5.96 Å². The molecule has 6 heteroatoms. The molecule has 0 aromatic heterocycles. The molecule has 0 aliphatic carbocycles. The summed E-state index contributed by atoms with van der Waals surface area (Å²) in [6.07, 6.45) is 4.88. The molecule has 1 aromatic carbocycles. The zero-order valence-electron chi connectivity index (χ0n) is 17.9. The lowest BCUT2D eigenvalue weighted by Gasteiger charge is -2.30. The monoisotopic (exact) mass is 502 g/mol. The van der Waals surface area contributed by atoms with Gasteiger partial charge in [-0.25, -0.2) is 0 Å². The number of ether oxygens (including phenoxy) is 1. The van der Waals surface area contributed by atoms with Crippen molar-refractivity contribution in [2.24, 2.45) is 10.9 Å². The molecule has 1 heterocycles. The predicted octanol–water partition coefficient (Wildman–Crippen LogP) is 4.02. The molecule has 160 valence electrons. The Morgan fingerprint density at radius 2 is 1.93 bits per heavy atom. The van der Waals surface area contributed by atoms with Crippen LogP contribution in [0.5, 0.6) is 0 Å². The van der Waals surface area contributed by atoms with Gasteiger partial charge in [-0.2, -0.15) is 0 Å². The second-order valence-corrected chi connectivity index (χ2v) is 7.56. The Kier molecular flexibility index (Phi) is 13.5. The zero-order valence-corrected chi connectivity index (χ0v) is 20.2. The fourth-order valence-electron chi connectivity index (χ4n) is 3.54. The van der Waals surface area contributed by atoms with E-state index in [1.165, 1.54) is 37.1 Å². The average molecular weight is 502 g/mol. The van der Waals surface area contributed by atoms with Crippen molar-refractivity contribution < 1.29 is 4.74 Å². The lowest BCUT2D eigenvalue weighted by molar-refractivity contribution is 0.143. The number of hydrogen-bond donors (Lipinski definition) is 2. The lowest BCUT2D eigenvalue weighted by Crippen LogP contribution is -2.37. The highest BCUT2D eigenvalue weighted by molar-refractivity contribution is 14.0. The zero-order chi connectivity index (χ0) is 19.3. The maximum Gasteiger partial charge on any atom is 0.191 e. The normalized spacial score (nSPS) is 17.8. The third-order valence-corrected chi connectivity index (χ3v) is 5.07. The van der Waals surface area contributed by atoms with Crippen molar-refractivity contribution in [3.05, 3.63) is 35.4 Å². The van der Waals surface area contributed by atoms with E-state index in [-0.39, 0.29) is 24.0 Å². The number of nitrogens with zero attached hydrogens (tertiary/aromatic N) is 2. The summed E-state index contributed by atoms with van der Waals surface area (Å²) < 4.78 is 5.36. The molecule has 0 spiro atoms. The minimum Gasteiger partial charge on any atom is -0.382 e. The smallest absolute Gasteiger partial charge is 0.191 e. The Hall–Kier alpha value is -0.860. The molecule has 1 unspecified atom stereocenters. The van der Waals surface area contributed by atoms with Crippen LogP contribution in [-0.4, -0.2) is 50.8 Å². The highest BCUT2D eigenvalue weighted by atomic mass is 127. The Morgan fingerprint density at radius 1 is 1.18 bits per heavy atom. The van der Waals surface area contributed by atoms with Gasteiger partial charge in [-0.05, 0) is 56.2 Å². The first-order valence-electron chi connectivity index (χ1n) is 10.5. The van der Waals surface area contributed by atoms with Crippen molar-refractivity contribution in [3.63, 3.8) is 0 Å². The molecule has 0 radical (unpaired) electrons. The number of likely N-dealkylation sites (tertiary alicyclic amines) is 1. The van der Waals surface area contributed by atoms with Crippen molar-refractivity contribution >= 4 is 29.9 Å². The molecule has 0 bridgehead atoms. The Labute approximate surface area is 188 Å². The molecule has 28 heavy (non-hydrogen) atoms. The maximum absolute atomic E-state index is 5.36. The standard InChI is InChI=1S/C22H38N4O.HI/c1-4-27-15-6-5-13-24-22(23-3)25-16-20-9-11-21(12-10-20)18-26-14-7-8-19(2)17-26;/h9-12,19H,4-8,13-18H2,1-3H3,(H2,23,24,25);1H. The van der Waals surface area contributed by atoms with Crippen LogP contribution in [0.4, 0.5) is 0 Å². The maximum atomic E-state index is 5.36. The average Bonchev–Trinajstić information content (AvgIpc) is 2.68. The first-order chi connectivity index (χ1) is 13.2. The van der Waals surface area contributed by atoms with Gasteiger partial charge in [-0.3, -0.25) is 9.89 Å². The van der Waals surface area contributed by atoms with E-state index in [2.05, 4.69) is 51.7 Å². The summed E-state index contributed by atoms with van der Waals surface area (Å²) in [6, 6.07) is 8.98. The van der Waals surface area contributed by atoms with Gasteiger partial charge in [-0.15, -0.1) is 24.0 Å². The van der Waals surface area contributed by atoms with Gasteiger partial charge in [0.2, 0.25) is 0 Å². The number of aliphatic imine (C=N–C) groups is 1. The van der Waals surface area contributed by atoms with Crippen LogP contribution in [0.15, 0.2) is 29.3 Å². The van der Waals surface area contributed by atoms with Crippen LogP contribution < -0.4 is 10.6 Å². The van der Waals surface area contributed by atoms with E-state index in [1.54, 1.807) is 0 Å². The molecule has 5 nitrogen and oxygen atoms in total. The van der Waals surface area contributed by atoms with Crippen LogP contribution in [0.3, 0.4) is 0 Å². The Balaban J connectivity index is 0.00000392. The van der Waals surface area contributed by atoms with Gasteiger partial charge >= 0.3 is 0 Å². The molecule has 1 atom stereocenters. The van der Waals surface area contributed by atoms with Crippen LogP contribution in [0.1, 0.15) is 50.7 Å². The molecule has 2 N–H and O–H groups in total. The Morgan fingerprint density at radius 3 is 2.61 bits per heavy atom. The third kappa shape index (κ3) is 10.1. The summed E-state index contributed by atoms with van der Waals surface area (Å²) in [4.78, 5) is 6.88. The second kappa shape index (κ2) is 15.0. The predicted molar refractivity (Wildman–Crippen MR) is 129 cm³/mol. The van der Waals surface area contributed by atoms with E-state index in [0.717, 1.165) is 57.6 Å². The minimum atomic E-state index is 0. The first-order valence-corrected chi connectivity index (χ1v) is 10.5. The Bertz CT molecular complexity index is 550. The van der Waals surface area contributed by atoms with Crippen LogP contribution in [0.25, 0.3) is 0 Å². The van der Waals surface area contributed by atoms with E-state index in [4.69, 9.17) is 4.74 Å². The van der Waals surface area contributed by atoms with Crippen molar-refractivity contribution in [1.29, 1.82) is 0 Å². The van der Waals surface area contributed by atoms with Gasteiger partial charge in [0.05, 0.1) is 0 Å². The lowest BCUT2D eigenvalue weighted by atomic mass is 9.99. The van der Waals surface area contributed by atoms with Gasteiger partial charge in [0, 0.05) is 46.4 Å². The van der Waals surface area contributed by atoms with Gasteiger partial charge in [-0.1, -0.05) is 31.2 Å². The number of unbranched alkanes of at least 4 members (excludes halogenated alkanes) is 1. The number of halogens is 1. The number of benzene rings is 1. The number of guanidine groups is 1. The fourth-order valence-corrected chi connectivity index (χ4v) is 3.54. The number of rotatable bonds is 10. The molecule has 0 saturated carbocycles. The molecule has 1 saturated heterocycles. The van der Waals surface area contributed by atoms with E-state index >= 15 is 0 Å². The van der Waals surface area contributed by atoms with E-state index < -0.39 is 0 Å². The van der Waals surface area contributed by atoms with Crippen LogP contribution in [-0.2, 0) is 17.8 Å². The van der Waals surface area contributed by atoms with Gasteiger partial charge in [0.1, 0.15) is 0 Å². The SMILES string of the molecule is CCOCCCCNC(=NC)NCc1ccc(CN2CCCC(C)C2)cc1.I. The summed E-state index contributed by atoms with van der Waals surface area (Å²) in [5, 5.41) is 6.75. The van der Waals surface area contributed by atoms with Crippen LogP contribution >= 0.6 is 24.0 Å². The highest BCUT2D eigenvalue weighted by Crippen LogP contribution is 2.18. The summed E-state index contributed by atoms with van der Waals surface area (Å²) in [5.74, 6) is 1.69. The third-order valence-electron chi connectivity index (χ3n) is 5.07. The summed E-state index contributed by atoms with van der Waals surface area (Å²) in [7, 11) is 1.82. The van der Waals surface area contributed by atoms with Crippen LogP contribution in [0, 0.1) is 5.92 Å². The molecule has 0 amide bonds. The topological polar surface area (TPSA) is 48.9 Å². The fraction of sp³-hybridized carbons (Fsp3) is 0.682. The van der Waals surface area contributed by atoms with Gasteiger partial charge < -0.3 is 15.4 Å². The molecule has 1 aliphatic heterocycles. The summed E-state index contributed by atoms with van der Waals surface area (Å²) in [6.45, 7) is 11.3. The number of hydrogen-bond acceptors (Lipinski definition) is 3. The van der Waals surface area contributed by atoms with E-state index in [1.807, 2.05) is 14.0 Å². The second-order valence-electron chi connectivity index (χ2n) is 7.56. The molecular weight excluding hydrogens is 463 g/mol. The quantitative estimate of drug-likeness (QED) is 0.220. The molecule has 2 rings (SSSR count). The van der Waals surface area contributed by atoms with Crippen LogP contribution in [0.2, 0.25) is 0 Å². The largest absolute Gasteiger partial charge is 0.382 e. The molecular formula is C22H39IN4O. The van der Waals surface area contributed by atoms with Gasteiger partial charge in [0.25, 0.3) is 0 Å². The van der Waals surface area contributed by atoms with Crippen molar-refractivity contribution in [3.8, 4) is 0 Å². The van der Waals surface area contributed by atoms with Crippen molar-refractivity contribution in [2.75, 3.05) is 39.9 Å².